The summed E-state index contributed by atoms with van der Waals surface area (Å²) in [5, 5.41) is 44.6. The van der Waals surface area contributed by atoms with Crippen molar-refractivity contribution in [2.75, 3.05) is 14.1 Å². The highest BCUT2D eigenvalue weighted by molar-refractivity contribution is 6.24. The maximum absolute atomic E-state index is 13.9. The number of ketones is 2. The van der Waals surface area contributed by atoms with Crippen molar-refractivity contribution >= 4 is 23.2 Å². The number of hydrogen-bond acceptors (Lipinski definition) is 8. The van der Waals surface area contributed by atoms with Crippen molar-refractivity contribution in [2.45, 2.75) is 31.4 Å². The number of rotatable bonds is 3. The summed E-state index contributed by atoms with van der Waals surface area (Å²) in [6.45, 7) is 1.96. The van der Waals surface area contributed by atoms with Gasteiger partial charge >= 0.3 is 0 Å². The van der Waals surface area contributed by atoms with Gasteiger partial charge in [0.15, 0.2) is 11.4 Å². The topological polar surface area (TPSA) is 161 Å². The zero-order valence-electron chi connectivity index (χ0n) is 20.6. The van der Waals surface area contributed by atoms with Gasteiger partial charge in [-0.15, -0.1) is 0 Å². The van der Waals surface area contributed by atoms with Gasteiger partial charge in [0.05, 0.1) is 11.6 Å². The van der Waals surface area contributed by atoms with Crippen LogP contribution in [0.5, 0.6) is 5.75 Å². The Morgan fingerprint density at radius 2 is 1.70 bits per heavy atom. The number of hydrogen-bond donors (Lipinski definition) is 5. The lowest BCUT2D eigenvalue weighted by Gasteiger charge is -2.50. The Morgan fingerprint density at radius 3 is 2.30 bits per heavy atom. The van der Waals surface area contributed by atoms with E-state index in [4.69, 9.17) is 5.73 Å². The van der Waals surface area contributed by atoms with Gasteiger partial charge in [0.1, 0.15) is 22.8 Å². The average Bonchev–Trinajstić information content (AvgIpc) is 2.82. The highest BCUT2D eigenvalue weighted by Crippen LogP contribution is 2.53. The van der Waals surface area contributed by atoms with Crippen molar-refractivity contribution in [1.29, 1.82) is 0 Å². The van der Waals surface area contributed by atoms with Gasteiger partial charge in [-0.25, -0.2) is 0 Å². The first-order chi connectivity index (χ1) is 17.4. The molecule has 0 aliphatic heterocycles. The van der Waals surface area contributed by atoms with Gasteiger partial charge in [-0.3, -0.25) is 19.3 Å². The molecule has 0 aromatic heterocycles. The van der Waals surface area contributed by atoms with Crippen molar-refractivity contribution in [2.24, 2.45) is 17.6 Å². The largest absolute Gasteiger partial charge is 0.508 e. The molecular weight excluding hydrogens is 476 g/mol. The molecule has 5 rings (SSSR count). The first-order valence-corrected chi connectivity index (χ1v) is 12.0. The molecule has 0 bridgehead atoms. The number of carbonyl (C=O) groups excluding carboxylic acids is 3. The van der Waals surface area contributed by atoms with E-state index in [1.807, 2.05) is 31.2 Å². The Morgan fingerprint density at radius 1 is 1.05 bits per heavy atom. The molecule has 1 saturated carbocycles. The highest BCUT2D eigenvalue weighted by atomic mass is 16.3. The van der Waals surface area contributed by atoms with Crippen LogP contribution in [0.25, 0.3) is 16.9 Å². The number of phenols is 1. The van der Waals surface area contributed by atoms with Gasteiger partial charge in [0.2, 0.25) is 5.78 Å². The van der Waals surface area contributed by atoms with Crippen LogP contribution in [-0.4, -0.2) is 68.5 Å². The number of carbonyl (C=O) groups is 3. The Hall–Kier alpha value is -3.95. The van der Waals surface area contributed by atoms with Crippen molar-refractivity contribution in [3.8, 4) is 16.9 Å². The number of nitrogens with two attached hydrogens (primary N) is 1. The normalized spacial score (nSPS) is 27.2. The molecule has 0 heterocycles. The van der Waals surface area contributed by atoms with Crippen LogP contribution in [0.1, 0.15) is 23.1 Å². The molecule has 0 saturated heterocycles. The van der Waals surface area contributed by atoms with Crippen LogP contribution in [0.15, 0.2) is 53.3 Å². The van der Waals surface area contributed by atoms with Crippen LogP contribution >= 0.6 is 0 Å². The molecule has 6 N–H and O–H groups in total. The molecule has 37 heavy (non-hydrogen) atoms. The van der Waals surface area contributed by atoms with Crippen molar-refractivity contribution in [3.63, 3.8) is 0 Å². The lowest BCUT2D eigenvalue weighted by Crippen LogP contribution is -2.65. The summed E-state index contributed by atoms with van der Waals surface area (Å²) in [4.78, 5) is 40.6. The minimum atomic E-state index is -2.64. The maximum Gasteiger partial charge on any atom is 0.255 e. The van der Waals surface area contributed by atoms with E-state index in [9.17, 15) is 34.8 Å². The number of aromatic hydroxyl groups is 1. The van der Waals surface area contributed by atoms with Gasteiger partial charge in [-0.2, -0.15) is 0 Å². The number of phenolic OH excluding ortho intramolecular Hbond substituents is 1. The number of benzene rings is 2. The van der Waals surface area contributed by atoms with Gasteiger partial charge in [-0.1, -0.05) is 35.9 Å². The number of likely N-dealkylation sites (N-methyl/N-ethyl adjacent to an activating group) is 1. The molecule has 4 atom stereocenters. The summed E-state index contributed by atoms with van der Waals surface area (Å²) in [7, 11) is 3.14. The van der Waals surface area contributed by atoms with Crippen LogP contribution in [0.2, 0.25) is 0 Å². The fraction of sp³-hybridized carbons (Fsp3) is 0.321. The van der Waals surface area contributed by atoms with E-state index in [0.29, 0.717) is 5.56 Å². The predicted molar refractivity (Wildman–Crippen MR) is 134 cm³/mol. The van der Waals surface area contributed by atoms with Gasteiger partial charge in [0, 0.05) is 11.5 Å². The third-order valence-electron chi connectivity index (χ3n) is 7.97. The van der Waals surface area contributed by atoms with E-state index in [0.717, 1.165) is 16.7 Å². The van der Waals surface area contributed by atoms with E-state index in [2.05, 4.69) is 0 Å². The first-order valence-electron chi connectivity index (χ1n) is 12.0. The zero-order chi connectivity index (χ0) is 27.0. The number of aliphatic hydroxyl groups excluding tert-OH is 2. The molecule has 2 aromatic rings. The minimum Gasteiger partial charge on any atom is -0.508 e. The lowest BCUT2D eigenvalue weighted by molar-refractivity contribution is -0.153. The second-order valence-electron chi connectivity index (χ2n) is 10.3. The van der Waals surface area contributed by atoms with E-state index in [-0.39, 0.29) is 29.7 Å². The van der Waals surface area contributed by atoms with Crippen LogP contribution in [-0.2, 0) is 20.8 Å². The van der Waals surface area contributed by atoms with Crippen LogP contribution in [0.3, 0.4) is 0 Å². The summed E-state index contributed by atoms with van der Waals surface area (Å²) in [6, 6.07) is 9.82. The van der Waals surface area contributed by atoms with Crippen LogP contribution in [0.4, 0.5) is 0 Å². The zero-order valence-corrected chi connectivity index (χ0v) is 20.6. The Labute approximate surface area is 213 Å². The molecule has 3 aliphatic rings. The third-order valence-corrected chi connectivity index (χ3v) is 7.97. The summed E-state index contributed by atoms with van der Waals surface area (Å²) in [6.07, 6.45) is 0.293. The Kier molecular flexibility index (Phi) is 5.54. The van der Waals surface area contributed by atoms with Crippen molar-refractivity contribution < 1.29 is 34.8 Å². The van der Waals surface area contributed by atoms with Crippen molar-refractivity contribution in [1.82, 2.24) is 4.90 Å². The second kappa shape index (κ2) is 8.29. The maximum atomic E-state index is 13.9. The molecule has 9 heteroatoms. The minimum absolute atomic E-state index is 0.0504. The fourth-order valence-electron chi connectivity index (χ4n) is 6.25. The van der Waals surface area contributed by atoms with Crippen molar-refractivity contribution in [3.05, 3.63) is 70.0 Å². The van der Waals surface area contributed by atoms with Gasteiger partial charge in [-0.05, 0) is 62.5 Å². The number of fused-ring (bicyclic) bond motifs is 3. The average molecular weight is 505 g/mol. The molecule has 0 spiro atoms. The first kappa shape index (κ1) is 24.7. The smallest absolute Gasteiger partial charge is 0.255 e. The molecule has 1 amide bonds. The molecular formula is C28H28N2O7. The monoisotopic (exact) mass is 504 g/mol. The van der Waals surface area contributed by atoms with Crippen LogP contribution in [0, 0.1) is 18.8 Å². The van der Waals surface area contributed by atoms with Gasteiger partial charge in [0.25, 0.3) is 5.91 Å². The highest BCUT2D eigenvalue weighted by Gasteiger charge is 2.64. The second-order valence-corrected chi connectivity index (χ2v) is 10.3. The third kappa shape index (κ3) is 3.34. The molecule has 0 radical (unpaired) electrons. The van der Waals surface area contributed by atoms with E-state index < -0.39 is 58.0 Å². The van der Waals surface area contributed by atoms with E-state index in [1.165, 1.54) is 11.0 Å². The number of nitrogens with zero attached hydrogens (tertiary/aromatic N) is 1. The quantitative estimate of drug-likeness (QED) is 0.396. The molecule has 2 aromatic carbocycles. The molecule has 192 valence electrons. The van der Waals surface area contributed by atoms with Crippen LogP contribution < -0.4 is 5.73 Å². The van der Waals surface area contributed by atoms with Gasteiger partial charge < -0.3 is 26.2 Å². The van der Waals surface area contributed by atoms with E-state index >= 15 is 0 Å². The molecule has 9 nitrogen and oxygen atoms in total. The number of amides is 1. The lowest BCUT2D eigenvalue weighted by atomic mass is 9.57. The summed E-state index contributed by atoms with van der Waals surface area (Å²) < 4.78 is 0. The number of aliphatic hydroxyl groups is 3. The number of Topliss-reactive ketones (excluding diaryl/α,β-unsaturated/α-hetero) is 2. The summed E-state index contributed by atoms with van der Waals surface area (Å²) >= 11 is 0. The van der Waals surface area contributed by atoms with E-state index in [1.54, 1.807) is 20.2 Å². The summed E-state index contributed by atoms with van der Waals surface area (Å²) in [5.74, 6) is -6.61. The molecule has 3 aliphatic carbocycles. The molecule has 0 unspecified atom stereocenters. The molecule has 1 fully saturated rings. The number of primary amides is 1. The Balaban J connectivity index is 1.74. The predicted octanol–water partition coefficient (Wildman–Crippen LogP) is 1.94. The SMILES string of the molecule is Cc1ccc(-c2ccc(O)c3c2C[C@H]2C[C@@H]4[C@H](N(C)C)C(=O)C(C(N)=O)=C(O)[C@]4(O)C(=O)C2=C3O)cc1. The standard InChI is InChI=1S/C28H28N2O7/c1-12-4-6-13(7-5-12)15-8-9-18(31)20-16(15)10-14-11-17-22(30(2)3)24(33)21(27(29)36)26(35)28(17,37)25(34)19(14)23(20)32/h4-9,14,17,22,31-32,35,37H,10-11H2,1-3H3,(H2,29,36)/t14-,17+,22-,28+/m0/s1. The fourth-order valence-corrected chi connectivity index (χ4v) is 6.25. The summed E-state index contributed by atoms with van der Waals surface area (Å²) in [5.41, 5.74) is 5.13. The Bertz CT molecular complexity index is 1440. The number of aryl methyl sites for hydroxylation is 1.